The minimum absolute atomic E-state index is 0.0604. The molecule has 0 saturated carbocycles. The maximum absolute atomic E-state index is 12.6. The van der Waals surface area contributed by atoms with E-state index < -0.39 is 37.3 Å². The Bertz CT molecular complexity index is 194. The molecule has 0 atom stereocenters. The average Bonchev–Trinajstić information content (AvgIpc) is 1.74. The molecular weight excluding hydrogens is 229 g/mol. The molecule has 0 spiro atoms. The fraction of sp³-hybridized carbons (Fsp3) is 1.00. The normalized spacial score (nSPS) is 14.4. The number of hydrogen-bond donors (Lipinski definition) is 0. The fourth-order valence-electron chi connectivity index (χ4n) is 1.19. The van der Waals surface area contributed by atoms with Gasteiger partial charge in [0.2, 0.25) is 0 Å². The van der Waals surface area contributed by atoms with Crippen LogP contribution in [0.1, 0.15) is 32.6 Å². The zero-order chi connectivity index (χ0) is 12.3. The molecule has 0 nitrogen and oxygen atoms in total. The van der Waals surface area contributed by atoms with Crippen LogP contribution in [0.15, 0.2) is 0 Å². The van der Waals surface area contributed by atoms with Crippen molar-refractivity contribution >= 4 is 0 Å². The summed E-state index contributed by atoms with van der Waals surface area (Å²) in [6.07, 6.45) is -10.6. The number of hydrogen-bond acceptors (Lipinski definition) is 0. The van der Waals surface area contributed by atoms with Crippen molar-refractivity contribution in [3.8, 4) is 0 Å². The molecule has 0 saturated heterocycles. The Morgan fingerprint density at radius 3 is 1.53 bits per heavy atom. The molecule has 0 aliphatic carbocycles. The molecule has 0 aliphatic rings. The van der Waals surface area contributed by atoms with Gasteiger partial charge in [-0.3, -0.25) is 0 Å². The second-order valence-electron chi connectivity index (χ2n) is 3.43. The van der Waals surface area contributed by atoms with Crippen LogP contribution < -0.4 is 0 Å². The third-order valence-corrected chi connectivity index (χ3v) is 1.59. The van der Waals surface area contributed by atoms with Crippen LogP contribution >= 0.6 is 0 Å². The molecular formula is C8H11F7. The van der Waals surface area contributed by atoms with Crippen molar-refractivity contribution in [2.24, 2.45) is 0 Å². The Hall–Kier alpha value is -0.490. The van der Waals surface area contributed by atoms with Gasteiger partial charge in [-0.1, -0.05) is 13.3 Å². The molecule has 92 valence electrons. The molecule has 0 unspecified atom stereocenters. The summed E-state index contributed by atoms with van der Waals surface area (Å²) in [6.45, 7) is 1.34. The first-order chi connectivity index (χ1) is 6.47. The van der Waals surface area contributed by atoms with Gasteiger partial charge in [0.1, 0.15) is 6.42 Å². The average molecular weight is 240 g/mol. The Balaban J connectivity index is 4.36. The minimum Gasteiger partial charge on any atom is -0.207 e. The standard InChI is InChI=1S/C8H11F7/c1-2-3-6(9,10)4-7(11,12)5-8(13,14)15/h2-5H2,1H3. The highest BCUT2D eigenvalue weighted by Gasteiger charge is 2.49. The van der Waals surface area contributed by atoms with E-state index in [0.717, 1.165) is 0 Å². The quantitative estimate of drug-likeness (QED) is 0.625. The summed E-state index contributed by atoms with van der Waals surface area (Å²) in [6, 6.07) is 0. The first-order valence-corrected chi connectivity index (χ1v) is 4.30. The summed E-state index contributed by atoms with van der Waals surface area (Å²) in [5.74, 6) is -8.15. The highest BCUT2D eigenvalue weighted by molar-refractivity contribution is 4.79. The van der Waals surface area contributed by atoms with Crippen LogP contribution in [-0.2, 0) is 0 Å². The smallest absolute Gasteiger partial charge is 0.207 e. The predicted molar refractivity (Wildman–Crippen MR) is 40.1 cm³/mol. The van der Waals surface area contributed by atoms with E-state index in [9.17, 15) is 30.7 Å². The highest BCUT2D eigenvalue weighted by Crippen LogP contribution is 2.40. The summed E-state index contributed by atoms with van der Waals surface area (Å²) < 4.78 is 85.1. The van der Waals surface area contributed by atoms with Crippen molar-refractivity contribution in [1.82, 2.24) is 0 Å². The monoisotopic (exact) mass is 240 g/mol. The van der Waals surface area contributed by atoms with Gasteiger partial charge in [-0.2, -0.15) is 13.2 Å². The van der Waals surface area contributed by atoms with Crippen LogP contribution in [0.5, 0.6) is 0 Å². The second kappa shape index (κ2) is 4.57. The molecule has 0 heterocycles. The third kappa shape index (κ3) is 7.44. The van der Waals surface area contributed by atoms with E-state index in [4.69, 9.17) is 0 Å². The lowest BCUT2D eigenvalue weighted by atomic mass is 10.0. The van der Waals surface area contributed by atoms with E-state index in [0.29, 0.717) is 0 Å². The Morgan fingerprint density at radius 1 is 0.733 bits per heavy atom. The minimum atomic E-state index is -5.13. The Kier molecular flexibility index (Phi) is 4.42. The summed E-state index contributed by atoms with van der Waals surface area (Å²) in [4.78, 5) is 0. The van der Waals surface area contributed by atoms with E-state index in [1.807, 2.05) is 0 Å². The van der Waals surface area contributed by atoms with Crippen molar-refractivity contribution in [1.29, 1.82) is 0 Å². The van der Waals surface area contributed by atoms with Gasteiger partial charge < -0.3 is 0 Å². The van der Waals surface area contributed by atoms with Crippen molar-refractivity contribution in [3.05, 3.63) is 0 Å². The molecule has 0 aromatic rings. The first-order valence-electron chi connectivity index (χ1n) is 4.30. The molecule has 0 amide bonds. The molecule has 0 fully saturated rings. The lowest BCUT2D eigenvalue weighted by Gasteiger charge is -2.23. The van der Waals surface area contributed by atoms with E-state index in [2.05, 4.69) is 0 Å². The van der Waals surface area contributed by atoms with Gasteiger partial charge in [0, 0.05) is 6.42 Å². The maximum atomic E-state index is 12.6. The molecule has 15 heavy (non-hydrogen) atoms. The molecule has 0 aromatic carbocycles. The fourth-order valence-corrected chi connectivity index (χ4v) is 1.19. The van der Waals surface area contributed by atoms with Gasteiger partial charge in [0.05, 0.1) is 6.42 Å². The second-order valence-corrected chi connectivity index (χ2v) is 3.43. The number of halogens is 7. The van der Waals surface area contributed by atoms with E-state index >= 15 is 0 Å². The van der Waals surface area contributed by atoms with Crippen molar-refractivity contribution in [3.63, 3.8) is 0 Å². The lowest BCUT2D eigenvalue weighted by molar-refractivity contribution is -0.206. The molecule has 0 radical (unpaired) electrons. The van der Waals surface area contributed by atoms with Gasteiger partial charge in [-0.25, -0.2) is 17.6 Å². The summed E-state index contributed by atoms with van der Waals surface area (Å²) in [5.41, 5.74) is 0. The van der Waals surface area contributed by atoms with E-state index in [1.165, 1.54) is 6.92 Å². The summed E-state index contributed by atoms with van der Waals surface area (Å²) >= 11 is 0. The highest BCUT2D eigenvalue weighted by atomic mass is 19.4. The lowest BCUT2D eigenvalue weighted by Crippen LogP contribution is -2.33. The molecule has 0 bridgehead atoms. The SMILES string of the molecule is CCCC(F)(F)CC(F)(F)CC(F)(F)F. The Morgan fingerprint density at radius 2 is 1.20 bits per heavy atom. The predicted octanol–water partition coefficient (Wildman–Crippen LogP) is 4.40. The van der Waals surface area contributed by atoms with Gasteiger partial charge in [0.25, 0.3) is 11.8 Å². The van der Waals surface area contributed by atoms with Crippen LogP contribution in [0, 0.1) is 0 Å². The molecule has 7 heteroatoms. The van der Waals surface area contributed by atoms with E-state index in [-0.39, 0.29) is 6.42 Å². The van der Waals surface area contributed by atoms with Gasteiger partial charge in [-0.05, 0) is 0 Å². The first kappa shape index (κ1) is 14.5. The van der Waals surface area contributed by atoms with Crippen molar-refractivity contribution in [2.75, 3.05) is 0 Å². The van der Waals surface area contributed by atoms with Crippen molar-refractivity contribution in [2.45, 2.75) is 50.6 Å². The zero-order valence-electron chi connectivity index (χ0n) is 7.97. The van der Waals surface area contributed by atoms with Crippen molar-refractivity contribution < 1.29 is 30.7 Å². The third-order valence-electron chi connectivity index (χ3n) is 1.59. The van der Waals surface area contributed by atoms with Gasteiger partial charge in [-0.15, -0.1) is 0 Å². The largest absolute Gasteiger partial charge is 0.394 e. The van der Waals surface area contributed by atoms with E-state index in [1.54, 1.807) is 0 Å². The van der Waals surface area contributed by atoms with Crippen LogP contribution in [0.4, 0.5) is 30.7 Å². The Labute approximate surface area is 82.5 Å². The number of rotatable bonds is 5. The van der Waals surface area contributed by atoms with Crippen LogP contribution in [0.25, 0.3) is 0 Å². The summed E-state index contributed by atoms with van der Waals surface area (Å²) in [5, 5.41) is 0. The van der Waals surface area contributed by atoms with Gasteiger partial charge >= 0.3 is 6.18 Å². The molecule has 0 aliphatic heterocycles. The molecule has 0 rings (SSSR count). The van der Waals surface area contributed by atoms with Crippen LogP contribution in [0.2, 0.25) is 0 Å². The summed E-state index contributed by atoms with van der Waals surface area (Å²) in [7, 11) is 0. The molecule has 0 aromatic heterocycles. The zero-order valence-corrected chi connectivity index (χ0v) is 7.97. The maximum Gasteiger partial charge on any atom is 0.394 e. The number of alkyl halides is 7. The van der Waals surface area contributed by atoms with Gasteiger partial charge in [0.15, 0.2) is 0 Å². The molecule has 0 N–H and O–H groups in total. The van der Waals surface area contributed by atoms with Crippen LogP contribution in [0.3, 0.4) is 0 Å². The van der Waals surface area contributed by atoms with Crippen LogP contribution in [-0.4, -0.2) is 18.0 Å². The topological polar surface area (TPSA) is 0 Å².